The minimum Gasteiger partial charge on any atom is -0.393 e. The zero-order valence-electron chi connectivity index (χ0n) is 10.8. The number of aryl methyl sites for hydroxylation is 2. The van der Waals surface area contributed by atoms with E-state index in [0.29, 0.717) is 5.92 Å². The van der Waals surface area contributed by atoms with E-state index in [-0.39, 0.29) is 6.10 Å². The highest BCUT2D eigenvalue weighted by atomic mass is 16.3. The Morgan fingerprint density at radius 2 is 2.06 bits per heavy atom. The van der Waals surface area contributed by atoms with Crippen LogP contribution in [-0.2, 0) is 13.5 Å². The van der Waals surface area contributed by atoms with E-state index in [2.05, 4.69) is 4.98 Å². The van der Waals surface area contributed by atoms with Gasteiger partial charge in [-0.25, -0.2) is 4.98 Å². The standard InChI is InChI=1S/C14H24N2O/c1-16-11-10-15-14(16)9-8-13(17)12-6-4-2-3-5-7-12/h10-13,17H,2-9H2,1H3. The quantitative estimate of drug-likeness (QED) is 0.816. The Morgan fingerprint density at radius 3 is 2.65 bits per heavy atom. The van der Waals surface area contributed by atoms with Crippen LogP contribution in [0.25, 0.3) is 0 Å². The fourth-order valence-electron chi connectivity index (χ4n) is 2.85. The molecule has 0 amide bonds. The van der Waals surface area contributed by atoms with Crippen molar-refractivity contribution in [1.29, 1.82) is 0 Å². The summed E-state index contributed by atoms with van der Waals surface area (Å²) in [6.45, 7) is 0. The fraction of sp³-hybridized carbons (Fsp3) is 0.786. The Bertz CT molecular complexity index is 327. The molecule has 0 aromatic carbocycles. The Kier molecular flexibility index (Phi) is 4.60. The van der Waals surface area contributed by atoms with Gasteiger partial charge in [-0.2, -0.15) is 0 Å². The first-order valence-electron chi connectivity index (χ1n) is 6.91. The molecule has 1 N–H and O–H groups in total. The highest BCUT2D eigenvalue weighted by molar-refractivity contribution is 4.92. The van der Waals surface area contributed by atoms with E-state index in [9.17, 15) is 5.11 Å². The molecule has 3 heteroatoms. The van der Waals surface area contributed by atoms with Crippen molar-refractivity contribution in [3.63, 3.8) is 0 Å². The SMILES string of the molecule is Cn1ccnc1CCC(O)C1CCCCCC1. The van der Waals surface area contributed by atoms with Gasteiger partial charge in [0.25, 0.3) is 0 Å². The predicted molar refractivity (Wildman–Crippen MR) is 68.7 cm³/mol. The number of rotatable bonds is 4. The molecule has 1 aromatic rings. The molecular formula is C14H24N2O. The highest BCUT2D eigenvalue weighted by Gasteiger charge is 2.20. The van der Waals surface area contributed by atoms with Crippen LogP contribution in [0, 0.1) is 5.92 Å². The maximum atomic E-state index is 10.3. The number of nitrogens with zero attached hydrogens (tertiary/aromatic N) is 2. The van der Waals surface area contributed by atoms with Crippen LogP contribution in [0.2, 0.25) is 0 Å². The van der Waals surface area contributed by atoms with Crippen molar-refractivity contribution in [3.8, 4) is 0 Å². The van der Waals surface area contributed by atoms with Crippen molar-refractivity contribution >= 4 is 0 Å². The van der Waals surface area contributed by atoms with Gasteiger partial charge in [-0.1, -0.05) is 25.7 Å². The Morgan fingerprint density at radius 1 is 1.35 bits per heavy atom. The van der Waals surface area contributed by atoms with Crippen LogP contribution < -0.4 is 0 Å². The van der Waals surface area contributed by atoms with Crippen LogP contribution in [0.4, 0.5) is 0 Å². The molecule has 1 unspecified atom stereocenters. The van der Waals surface area contributed by atoms with Crippen LogP contribution in [-0.4, -0.2) is 20.8 Å². The molecule has 0 aliphatic heterocycles. The lowest BCUT2D eigenvalue weighted by molar-refractivity contribution is 0.0897. The molecule has 1 aromatic heterocycles. The second-order valence-electron chi connectivity index (χ2n) is 5.31. The molecule has 1 atom stereocenters. The van der Waals surface area contributed by atoms with Crippen LogP contribution in [0.3, 0.4) is 0 Å². The highest BCUT2D eigenvalue weighted by Crippen LogP contribution is 2.27. The van der Waals surface area contributed by atoms with E-state index in [1.54, 1.807) is 0 Å². The summed E-state index contributed by atoms with van der Waals surface area (Å²) in [7, 11) is 2.01. The van der Waals surface area contributed by atoms with Crippen molar-refractivity contribution in [2.24, 2.45) is 13.0 Å². The topological polar surface area (TPSA) is 38.0 Å². The number of aliphatic hydroxyl groups is 1. The second kappa shape index (κ2) is 6.20. The third-order valence-corrected chi connectivity index (χ3v) is 4.03. The van der Waals surface area contributed by atoms with Crippen LogP contribution in [0.5, 0.6) is 0 Å². The summed E-state index contributed by atoms with van der Waals surface area (Å²) in [6.07, 6.45) is 13.1. The largest absolute Gasteiger partial charge is 0.393 e. The van der Waals surface area contributed by atoms with E-state index in [1.807, 2.05) is 24.0 Å². The monoisotopic (exact) mass is 236 g/mol. The van der Waals surface area contributed by atoms with E-state index in [0.717, 1.165) is 18.7 Å². The molecule has 2 rings (SSSR count). The van der Waals surface area contributed by atoms with Gasteiger partial charge >= 0.3 is 0 Å². The molecule has 1 aliphatic carbocycles. The van der Waals surface area contributed by atoms with E-state index in [1.165, 1.54) is 38.5 Å². The van der Waals surface area contributed by atoms with Gasteiger partial charge in [0.1, 0.15) is 5.82 Å². The average Bonchev–Trinajstić information content (AvgIpc) is 2.58. The fourth-order valence-corrected chi connectivity index (χ4v) is 2.85. The first kappa shape index (κ1) is 12.6. The number of aromatic nitrogens is 2. The van der Waals surface area contributed by atoms with Gasteiger partial charge in [0.2, 0.25) is 0 Å². The molecular weight excluding hydrogens is 212 g/mol. The van der Waals surface area contributed by atoms with Gasteiger partial charge in [0.05, 0.1) is 6.10 Å². The Labute approximate surface area is 104 Å². The number of hydrogen-bond donors (Lipinski definition) is 1. The number of imidazole rings is 1. The van der Waals surface area contributed by atoms with Crippen LogP contribution in [0.1, 0.15) is 50.8 Å². The first-order chi connectivity index (χ1) is 8.27. The van der Waals surface area contributed by atoms with Crippen molar-refractivity contribution in [2.75, 3.05) is 0 Å². The van der Waals surface area contributed by atoms with Gasteiger partial charge in [-0.05, 0) is 25.2 Å². The summed E-state index contributed by atoms with van der Waals surface area (Å²) >= 11 is 0. The van der Waals surface area contributed by atoms with Gasteiger partial charge in [0, 0.05) is 25.9 Å². The molecule has 1 fully saturated rings. The molecule has 0 saturated heterocycles. The van der Waals surface area contributed by atoms with E-state index < -0.39 is 0 Å². The molecule has 3 nitrogen and oxygen atoms in total. The normalized spacial score (nSPS) is 20.1. The Balaban J connectivity index is 1.80. The molecule has 0 bridgehead atoms. The van der Waals surface area contributed by atoms with Crippen LogP contribution >= 0.6 is 0 Å². The van der Waals surface area contributed by atoms with Crippen molar-refractivity contribution in [2.45, 2.75) is 57.5 Å². The Hall–Kier alpha value is -0.830. The zero-order chi connectivity index (χ0) is 12.1. The van der Waals surface area contributed by atoms with E-state index in [4.69, 9.17) is 0 Å². The second-order valence-corrected chi connectivity index (χ2v) is 5.31. The van der Waals surface area contributed by atoms with Gasteiger partial charge < -0.3 is 9.67 Å². The minimum absolute atomic E-state index is 0.134. The molecule has 0 spiro atoms. The molecule has 0 radical (unpaired) electrons. The lowest BCUT2D eigenvalue weighted by Gasteiger charge is -2.21. The van der Waals surface area contributed by atoms with Gasteiger partial charge in [-0.15, -0.1) is 0 Å². The number of hydrogen-bond acceptors (Lipinski definition) is 2. The number of aliphatic hydroxyl groups excluding tert-OH is 1. The summed E-state index contributed by atoms with van der Waals surface area (Å²) in [5.74, 6) is 1.61. The lowest BCUT2D eigenvalue weighted by Crippen LogP contribution is -2.21. The third-order valence-electron chi connectivity index (χ3n) is 4.03. The summed E-state index contributed by atoms with van der Waals surface area (Å²) in [4.78, 5) is 4.30. The summed E-state index contributed by atoms with van der Waals surface area (Å²) < 4.78 is 2.04. The molecule has 1 aliphatic rings. The molecule has 1 heterocycles. The minimum atomic E-state index is -0.134. The van der Waals surface area contributed by atoms with Crippen LogP contribution in [0.15, 0.2) is 12.4 Å². The summed E-state index contributed by atoms with van der Waals surface area (Å²) in [5.41, 5.74) is 0. The van der Waals surface area contributed by atoms with Crippen molar-refractivity contribution < 1.29 is 5.11 Å². The zero-order valence-corrected chi connectivity index (χ0v) is 10.8. The molecule has 1 saturated carbocycles. The first-order valence-corrected chi connectivity index (χ1v) is 6.91. The van der Waals surface area contributed by atoms with Crippen molar-refractivity contribution in [1.82, 2.24) is 9.55 Å². The smallest absolute Gasteiger partial charge is 0.108 e. The van der Waals surface area contributed by atoms with Crippen molar-refractivity contribution in [3.05, 3.63) is 18.2 Å². The average molecular weight is 236 g/mol. The predicted octanol–water partition coefficient (Wildman–Crippen LogP) is 2.68. The lowest BCUT2D eigenvalue weighted by atomic mass is 9.91. The summed E-state index contributed by atoms with van der Waals surface area (Å²) in [5, 5.41) is 10.3. The maximum Gasteiger partial charge on any atom is 0.108 e. The van der Waals surface area contributed by atoms with Gasteiger partial charge in [-0.3, -0.25) is 0 Å². The third kappa shape index (κ3) is 3.56. The van der Waals surface area contributed by atoms with Gasteiger partial charge in [0.15, 0.2) is 0 Å². The molecule has 96 valence electrons. The maximum absolute atomic E-state index is 10.3. The van der Waals surface area contributed by atoms with E-state index >= 15 is 0 Å². The summed E-state index contributed by atoms with van der Waals surface area (Å²) in [6, 6.07) is 0. The molecule has 17 heavy (non-hydrogen) atoms.